The monoisotopic (exact) mass is 341 g/mol. The summed E-state index contributed by atoms with van der Waals surface area (Å²) in [4.78, 5) is 16.3. The van der Waals surface area contributed by atoms with Crippen molar-refractivity contribution in [1.82, 2.24) is 4.98 Å². The van der Waals surface area contributed by atoms with E-state index in [2.05, 4.69) is 15.6 Å². The van der Waals surface area contributed by atoms with Gasteiger partial charge < -0.3 is 10.6 Å². The second-order valence-electron chi connectivity index (χ2n) is 5.06. The zero-order valence-corrected chi connectivity index (χ0v) is 13.2. The van der Waals surface area contributed by atoms with Crippen LogP contribution >= 0.6 is 11.6 Å². The molecule has 0 saturated carbocycles. The maximum atomic E-state index is 13.2. The summed E-state index contributed by atoms with van der Waals surface area (Å²) in [5.74, 6) is -0.781. The molecule has 0 saturated heterocycles. The highest BCUT2D eigenvalue weighted by Gasteiger charge is 2.08. The highest BCUT2D eigenvalue weighted by atomic mass is 35.5. The molecule has 0 atom stereocenters. The third kappa shape index (κ3) is 4.08. The van der Waals surface area contributed by atoms with Gasteiger partial charge in [-0.1, -0.05) is 17.7 Å². The number of benzene rings is 2. The Labute approximate surface area is 143 Å². The first-order chi connectivity index (χ1) is 11.6. The van der Waals surface area contributed by atoms with E-state index in [-0.39, 0.29) is 5.91 Å². The van der Waals surface area contributed by atoms with Crippen molar-refractivity contribution in [2.75, 3.05) is 10.6 Å². The highest BCUT2D eigenvalue weighted by molar-refractivity contribution is 6.30. The lowest BCUT2D eigenvalue weighted by molar-refractivity contribution is 0.102. The number of carbonyl (C=O) groups excluding carboxylic acids is 1. The van der Waals surface area contributed by atoms with E-state index in [0.717, 1.165) is 5.69 Å². The summed E-state index contributed by atoms with van der Waals surface area (Å²) in [6.07, 6.45) is 3.05. The smallest absolute Gasteiger partial charge is 0.257 e. The van der Waals surface area contributed by atoms with E-state index in [1.807, 2.05) is 12.1 Å². The molecule has 1 heterocycles. The zero-order valence-electron chi connectivity index (χ0n) is 12.5. The molecule has 4 nitrogen and oxygen atoms in total. The van der Waals surface area contributed by atoms with E-state index in [9.17, 15) is 9.18 Å². The third-order valence-electron chi connectivity index (χ3n) is 3.22. The SMILES string of the molecule is O=C(Nc1cccc(F)c1)c1cncc(Nc2ccc(Cl)cc2)c1. The Bertz CT molecular complexity index is 868. The van der Waals surface area contributed by atoms with Crippen LogP contribution in [-0.4, -0.2) is 10.9 Å². The molecule has 120 valence electrons. The Morgan fingerprint density at radius 1 is 0.958 bits per heavy atom. The average molecular weight is 342 g/mol. The molecular formula is C18H13ClFN3O. The van der Waals surface area contributed by atoms with Crippen LogP contribution in [0.25, 0.3) is 0 Å². The normalized spacial score (nSPS) is 10.2. The van der Waals surface area contributed by atoms with Gasteiger partial charge in [0.05, 0.1) is 17.4 Å². The van der Waals surface area contributed by atoms with E-state index >= 15 is 0 Å². The zero-order chi connectivity index (χ0) is 16.9. The van der Waals surface area contributed by atoms with Crippen molar-refractivity contribution in [2.24, 2.45) is 0 Å². The minimum absolute atomic E-state index is 0.359. The van der Waals surface area contributed by atoms with Crippen LogP contribution in [0, 0.1) is 5.82 Å². The molecule has 0 unspecified atom stereocenters. The Balaban J connectivity index is 1.74. The fourth-order valence-electron chi connectivity index (χ4n) is 2.10. The predicted octanol–water partition coefficient (Wildman–Crippen LogP) is 4.87. The van der Waals surface area contributed by atoms with Crippen molar-refractivity contribution in [1.29, 1.82) is 0 Å². The summed E-state index contributed by atoms with van der Waals surface area (Å²) >= 11 is 5.85. The number of hydrogen-bond acceptors (Lipinski definition) is 3. The first-order valence-corrected chi connectivity index (χ1v) is 7.52. The fourth-order valence-corrected chi connectivity index (χ4v) is 2.23. The molecule has 6 heteroatoms. The van der Waals surface area contributed by atoms with E-state index in [4.69, 9.17) is 11.6 Å². The van der Waals surface area contributed by atoms with Crippen LogP contribution < -0.4 is 10.6 Å². The van der Waals surface area contributed by atoms with Crippen LogP contribution in [0.5, 0.6) is 0 Å². The van der Waals surface area contributed by atoms with Gasteiger partial charge in [-0.15, -0.1) is 0 Å². The van der Waals surface area contributed by atoms with Gasteiger partial charge in [-0.05, 0) is 48.5 Å². The van der Waals surface area contributed by atoms with Crippen LogP contribution in [0.15, 0.2) is 67.0 Å². The lowest BCUT2D eigenvalue weighted by atomic mass is 10.2. The Morgan fingerprint density at radius 2 is 1.75 bits per heavy atom. The van der Waals surface area contributed by atoms with Gasteiger partial charge in [0, 0.05) is 22.6 Å². The second-order valence-corrected chi connectivity index (χ2v) is 5.50. The summed E-state index contributed by atoms with van der Waals surface area (Å²) in [6.45, 7) is 0. The van der Waals surface area contributed by atoms with Crippen LogP contribution in [0.2, 0.25) is 5.02 Å². The predicted molar refractivity (Wildman–Crippen MR) is 93.3 cm³/mol. The Morgan fingerprint density at radius 3 is 2.50 bits per heavy atom. The van der Waals surface area contributed by atoms with Crippen molar-refractivity contribution >= 4 is 34.6 Å². The van der Waals surface area contributed by atoms with Gasteiger partial charge in [-0.2, -0.15) is 0 Å². The Kier molecular flexibility index (Phi) is 4.72. The molecule has 24 heavy (non-hydrogen) atoms. The molecule has 2 N–H and O–H groups in total. The van der Waals surface area contributed by atoms with Crippen molar-refractivity contribution in [3.8, 4) is 0 Å². The van der Waals surface area contributed by atoms with Crippen molar-refractivity contribution in [3.05, 3.63) is 83.4 Å². The number of halogens is 2. The number of nitrogens with zero attached hydrogens (tertiary/aromatic N) is 1. The molecule has 1 aromatic heterocycles. The molecule has 0 radical (unpaired) electrons. The topological polar surface area (TPSA) is 54.0 Å². The molecule has 0 fully saturated rings. The number of anilines is 3. The van der Waals surface area contributed by atoms with Crippen LogP contribution in [0.3, 0.4) is 0 Å². The molecule has 3 aromatic rings. The molecule has 1 amide bonds. The van der Waals surface area contributed by atoms with E-state index < -0.39 is 5.82 Å². The van der Waals surface area contributed by atoms with Crippen molar-refractivity contribution in [3.63, 3.8) is 0 Å². The van der Waals surface area contributed by atoms with Gasteiger partial charge in [-0.25, -0.2) is 4.39 Å². The number of aromatic nitrogens is 1. The Hall–Kier alpha value is -2.92. The molecular weight excluding hydrogens is 329 g/mol. The minimum Gasteiger partial charge on any atom is -0.354 e. The number of hydrogen-bond donors (Lipinski definition) is 2. The number of carbonyl (C=O) groups is 1. The maximum Gasteiger partial charge on any atom is 0.257 e. The minimum atomic E-state index is -0.413. The van der Waals surface area contributed by atoms with Crippen LogP contribution in [0.4, 0.5) is 21.5 Å². The molecule has 0 aliphatic heterocycles. The molecule has 2 aromatic carbocycles. The lowest BCUT2D eigenvalue weighted by Gasteiger charge is -2.09. The van der Waals surface area contributed by atoms with Gasteiger partial charge in [0.25, 0.3) is 5.91 Å². The largest absolute Gasteiger partial charge is 0.354 e. The molecule has 0 aliphatic carbocycles. The van der Waals surface area contributed by atoms with E-state index in [0.29, 0.717) is 22.0 Å². The van der Waals surface area contributed by atoms with Gasteiger partial charge >= 0.3 is 0 Å². The number of rotatable bonds is 4. The van der Waals surface area contributed by atoms with Gasteiger partial charge in [-0.3, -0.25) is 9.78 Å². The average Bonchev–Trinajstić information content (AvgIpc) is 2.57. The summed E-state index contributed by atoms with van der Waals surface area (Å²) in [5, 5.41) is 6.41. The van der Waals surface area contributed by atoms with Gasteiger partial charge in [0.1, 0.15) is 5.82 Å². The van der Waals surface area contributed by atoms with Gasteiger partial charge in [0.15, 0.2) is 0 Å². The standard InChI is InChI=1S/C18H13ClFN3O/c19-13-4-6-15(7-5-13)22-17-8-12(10-21-11-17)18(24)23-16-3-1-2-14(20)9-16/h1-11,22H,(H,23,24). The van der Waals surface area contributed by atoms with Gasteiger partial charge in [0.2, 0.25) is 0 Å². The number of nitrogens with one attached hydrogen (secondary N) is 2. The van der Waals surface area contributed by atoms with Crippen molar-refractivity contribution in [2.45, 2.75) is 0 Å². The number of amides is 1. The third-order valence-corrected chi connectivity index (χ3v) is 3.47. The molecule has 0 bridgehead atoms. The number of pyridine rings is 1. The summed E-state index contributed by atoms with van der Waals surface area (Å²) in [6, 6.07) is 14.5. The van der Waals surface area contributed by atoms with Crippen LogP contribution in [-0.2, 0) is 0 Å². The van der Waals surface area contributed by atoms with E-state index in [1.165, 1.54) is 24.4 Å². The second kappa shape index (κ2) is 7.10. The molecule has 0 aliphatic rings. The fraction of sp³-hybridized carbons (Fsp3) is 0. The lowest BCUT2D eigenvalue weighted by Crippen LogP contribution is -2.12. The summed E-state index contributed by atoms with van der Waals surface area (Å²) in [5.41, 5.74) is 2.22. The highest BCUT2D eigenvalue weighted by Crippen LogP contribution is 2.19. The van der Waals surface area contributed by atoms with Crippen LogP contribution in [0.1, 0.15) is 10.4 Å². The summed E-state index contributed by atoms with van der Waals surface area (Å²) in [7, 11) is 0. The molecule has 3 rings (SSSR count). The first-order valence-electron chi connectivity index (χ1n) is 7.15. The summed E-state index contributed by atoms with van der Waals surface area (Å²) < 4.78 is 13.2. The first kappa shape index (κ1) is 16.0. The quantitative estimate of drug-likeness (QED) is 0.711. The maximum absolute atomic E-state index is 13.2. The van der Waals surface area contributed by atoms with Crippen molar-refractivity contribution < 1.29 is 9.18 Å². The van der Waals surface area contributed by atoms with E-state index in [1.54, 1.807) is 30.5 Å². The molecule has 0 spiro atoms.